The van der Waals surface area contributed by atoms with Gasteiger partial charge in [-0.25, -0.2) is 0 Å². The van der Waals surface area contributed by atoms with Crippen molar-refractivity contribution < 1.29 is 22.8 Å². The summed E-state index contributed by atoms with van der Waals surface area (Å²) < 4.78 is 36.4. The minimum Gasteiger partial charge on any atom is -0.346 e. The molecule has 24 heavy (non-hydrogen) atoms. The summed E-state index contributed by atoms with van der Waals surface area (Å²) in [5.41, 5.74) is 6.62. The van der Waals surface area contributed by atoms with E-state index in [0.717, 1.165) is 0 Å². The number of aryl methyl sites for hydroxylation is 1. The molecule has 1 rings (SSSR count). The molecule has 2 amide bonds. The molecular formula is C16H22F3N3O2. The van der Waals surface area contributed by atoms with Crippen LogP contribution in [0.1, 0.15) is 25.8 Å². The Balaban J connectivity index is 2.43. The summed E-state index contributed by atoms with van der Waals surface area (Å²) in [5, 5.41) is 4.98. The molecule has 0 aliphatic heterocycles. The lowest BCUT2D eigenvalue weighted by Crippen LogP contribution is -2.46. The van der Waals surface area contributed by atoms with Crippen molar-refractivity contribution >= 4 is 17.5 Å². The Kier molecular flexibility index (Phi) is 7.21. The monoisotopic (exact) mass is 345 g/mol. The Hall–Kier alpha value is -2.09. The first-order chi connectivity index (χ1) is 11.1. The number of hydrogen-bond donors (Lipinski definition) is 3. The number of amides is 2. The molecule has 134 valence electrons. The molecular weight excluding hydrogens is 323 g/mol. The van der Waals surface area contributed by atoms with Gasteiger partial charge in [-0.05, 0) is 30.0 Å². The van der Waals surface area contributed by atoms with Crippen LogP contribution in [-0.4, -0.2) is 30.6 Å². The highest BCUT2D eigenvalue weighted by Gasteiger charge is 2.26. The highest BCUT2D eigenvalue weighted by Crippen LogP contribution is 2.22. The minimum atomic E-state index is -4.19. The van der Waals surface area contributed by atoms with Crippen LogP contribution in [0.4, 0.5) is 18.9 Å². The zero-order valence-corrected chi connectivity index (χ0v) is 13.6. The number of nitrogens with one attached hydrogen (secondary N) is 2. The smallest absolute Gasteiger partial charge is 0.346 e. The maximum absolute atomic E-state index is 12.1. The van der Waals surface area contributed by atoms with Gasteiger partial charge in [-0.3, -0.25) is 9.59 Å². The van der Waals surface area contributed by atoms with Gasteiger partial charge < -0.3 is 16.4 Å². The van der Waals surface area contributed by atoms with E-state index in [1.54, 1.807) is 13.8 Å². The Labute approximate surface area is 138 Å². The topological polar surface area (TPSA) is 84.2 Å². The summed E-state index contributed by atoms with van der Waals surface area (Å²) in [6.45, 7) is 3.37. The van der Waals surface area contributed by atoms with Crippen LogP contribution >= 0.6 is 0 Å². The van der Waals surface area contributed by atoms with Crippen LogP contribution in [0, 0.1) is 5.92 Å². The molecule has 4 N–H and O–H groups in total. The largest absolute Gasteiger partial charge is 0.389 e. The summed E-state index contributed by atoms with van der Waals surface area (Å²) in [5.74, 6) is -0.901. The van der Waals surface area contributed by atoms with Crippen LogP contribution in [0.2, 0.25) is 0 Å². The summed E-state index contributed by atoms with van der Waals surface area (Å²) in [7, 11) is 0. The molecule has 1 aromatic rings. The van der Waals surface area contributed by atoms with Crippen molar-refractivity contribution in [1.29, 1.82) is 0 Å². The third kappa shape index (κ3) is 7.45. The van der Waals surface area contributed by atoms with Crippen molar-refractivity contribution in [3.63, 3.8) is 0 Å². The predicted molar refractivity (Wildman–Crippen MR) is 85.3 cm³/mol. The van der Waals surface area contributed by atoms with Crippen molar-refractivity contribution in [2.45, 2.75) is 38.9 Å². The normalized spacial score (nSPS) is 12.8. The molecule has 0 heterocycles. The van der Waals surface area contributed by atoms with Crippen LogP contribution in [0.5, 0.6) is 0 Å². The number of nitrogens with two attached hydrogens (primary N) is 1. The zero-order chi connectivity index (χ0) is 18.3. The average Bonchev–Trinajstić information content (AvgIpc) is 2.50. The first-order valence-electron chi connectivity index (χ1n) is 7.57. The van der Waals surface area contributed by atoms with Gasteiger partial charge in [-0.2, -0.15) is 13.2 Å². The first-order valence-corrected chi connectivity index (χ1v) is 7.57. The summed E-state index contributed by atoms with van der Waals surface area (Å²) in [4.78, 5) is 23.4. The molecule has 5 nitrogen and oxygen atoms in total. The number of rotatable bonds is 7. The number of halogens is 3. The molecule has 0 aliphatic carbocycles. The van der Waals surface area contributed by atoms with Crippen molar-refractivity contribution in [3.05, 3.63) is 29.8 Å². The molecule has 0 spiro atoms. The highest BCUT2D eigenvalue weighted by atomic mass is 19.4. The summed E-state index contributed by atoms with van der Waals surface area (Å²) >= 11 is 0. The molecule has 8 heteroatoms. The lowest BCUT2D eigenvalue weighted by Gasteiger charge is -2.15. The van der Waals surface area contributed by atoms with Crippen molar-refractivity contribution in [3.8, 4) is 0 Å². The van der Waals surface area contributed by atoms with E-state index in [4.69, 9.17) is 5.73 Å². The van der Waals surface area contributed by atoms with Gasteiger partial charge >= 0.3 is 6.18 Å². The van der Waals surface area contributed by atoms with E-state index in [0.29, 0.717) is 11.3 Å². The number of anilines is 1. The number of benzene rings is 1. The molecule has 0 bridgehead atoms. The number of carbonyl (C=O) groups is 2. The van der Waals surface area contributed by atoms with E-state index < -0.39 is 30.5 Å². The maximum atomic E-state index is 12.1. The van der Waals surface area contributed by atoms with Gasteiger partial charge in [-0.1, -0.05) is 26.0 Å². The SMILES string of the molecule is CC(C)[C@H](N)C(=O)NCC(=O)Nc1ccc(CCC(F)(F)F)cc1. The van der Waals surface area contributed by atoms with Crippen LogP contribution in [0.15, 0.2) is 24.3 Å². The predicted octanol–water partition coefficient (Wildman–Crippen LogP) is 2.22. The van der Waals surface area contributed by atoms with E-state index >= 15 is 0 Å². The van der Waals surface area contributed by atoms with Gasteiger partial charge in [0.05, 0.1) is 12.6 Å². The highest BCUT2D eigenvalue weighted by molar-refractivity contribution is 5.95. The number of carbonyl (C=O) groups excluding carboxylic acids is 2. The second kappa shape index (κ2) is 8.68. The lowest BCUT2D eigenvalue weighted by molar-refractivity contribution is -0.134. The number of hydrogen-bond acceptors (Lipinski definition) is 3. The van der Waals surface area contributed by atoms with Crippen molar-refractivity contribution in [2.24, 2.45) is 11.7 Å². The van der Waals surface area contributed by atoms with Crippen LogP contribution in [0.3, 0.4) is 0 Å². The van der Waals surface area contributed by atoms with Gasteiger partial charge in [0, 0.05) is 12.1 Å². The van der Waals surface area contributed by atoms with Gasteiger partial charge in [0.15, 0.2) is 0 Å². The molecule has 0 radical (unpaired) electrons. The second-order valence-corrected chi connectivity index (χ2v) is 5.85. The molecule has 0 saturated carbocycles. The quantitative estimate of drug-likeness (QED) is 0.708. The molecule has 1 atom stereocenters. The van der Waals surface area contributed by atoms with E-state index in [-0.39, 0.29) is 18.9 Å². The van der Waals surface area contributed by atoms with Crippen molar-refractivity contribution in [2.75, 3.05) is 11.9 Å². The molecule has 0 unspecified atom stereocenters. The summed E-state index contributed by atoms with van der Waals surface area (Å²) in [6.07, 6.45) is -5.19. The Morgan fingerprint density at radius 2 is 1.75 bits per heavy atom. The van der Waals surface area contributed by atoms with Crippen molar-refractivity contribution in [1.82, 2.24) is 5.32 Å². The molecule has 0 aliphatic rings. The van der Waals surface area contributed by atoms with Gasteiger partial charge in [0.1, 0.15) is 0 Å². The average molecular weight is 345 g/mol. The molecule has 0 saturated heterocycles. The first kappa shape index (κ1) is 20.0. The van der Waals surface area contributed by atoms with E-state index in [1.807, 2.05) is 0 Å². The van der Waals surface area contributed by atoms with Gasteiger partial charge in [0.25, 0.3) is 0 Å². The third-order valence-corrected chi connectivity index (χ3v) is 3.38. The zero-order valence-electron chi connectivity index (χ0n) is 13.6. The van der Waals surface area contributed by atoms with E-state index in [9.17, 15) is 22.8 Å². The maximum Gasteiger partial charge on any atom is 0.389 e. The number of alkyl halides is 3. The molecule has 0 aromatic heterocycles. The standard InChI is InChI=1S/C16H22F3N3O2/c1-10(2)14(20)15(24)21-9-13(23)22-12-5-3-11(4-6-12)7-8-16(17,18)19/h3-6,10,14H,7-9,20H2,1-2H3,(H,21,24)(H,22,23)/t14-/m0/s1. The second-order valence-electron chi connectivity index (χ2n) is 5.85. The van der Waals surface area contributed by atoms with E-state index in [2.05, 4.69) is 10.6 Å². The third-order valence-electron chi connectivity index (χ3n) is 3.38. The lowest BCUT2D eigenvalue weighted by atomic mass is 10.1. The summed E-state index contributed by atoms with van der Waals surface area (Å²) in [6, 6.07) is 5.39. The van der Waals surface area contributed by atoms with Crippen LogP contribution < -0.4 is 16.4 Å². The fourth-order valence-corrected chi connectivity index (χ4v) is 1.83. The van der Waals surface area contributed by atoms with Crippen LogP contribution in [-0.2, 0) is 16.0 Å². The van der Waals surface area contributed by atoms with Crippen LogP contribution in [0.25, 0.3) is 0 Å². The fourth-order valence-electron chi connectivity index (χ4n) is 1.83. The molecule has 0 fully saturated rings. The molecule has 1 aromatic carbocycles. The Morgan fingerprint density at radius 1 is 1.17 bits per heavy atom. The van der Waals surface area contributed by atoms with Gasteiger partial charge in [0.2, 0.25) is 11.8 Å². The van der Waals surface area contributed by atoms with E-state index in [1.165, 1.54) is 24.3 Å². The van der Waals surface area contributed by atoms with Gasteiger partial charge in [-0.15, -0.1) is 0 Å². The fraction of sp³-hybridized carbons (Fsp3) is 0.500. The minimum absolute atomic E-state index is 0.0442. The Morgan fingerprint density at radius 3 is 2.25 bits per heavy atom. The Bertz CT molecular complexity index is 557.